The van der Waals surface area contributed by atoms with Crippen molar-refractivity contribution in [3.05, 3.63) is 29.3 Å². The van der Waals surface area contributed by atoms with Crippen LogP contribution in [0.25, 0.3) is 0 Å². The van der Waals surface area contributed by atoms with Crippen molar-refractivity contribution >= 4 is 30.9 Å². The molecule has 0 aliphatic carbocycles. The summed E-state index contributed by atoms with van der Waals surface area (Å²) in [5.41, 5.74) is 1.42. The summed E-state index contributed by atoms with van der Waals surface area (Å²) in [5.74, 6) is 0.457. The van der Waals surface area contributed by atoms with Crippen molar-refractivity contribution in [3.63, 3.8) is 0 Å². The fourth-order valence-electron chi connectivity index (χ4n) is 1.48. The maximum Gasteiger partial charge on any atom is 0.338 e. The molecule has 19 heavy (non-hydrogen) atoms. The van der Waals surface area contributed by atoms with E-state index in [2.05, 4.69) is 43.2 Å². The Hall–Kier alpha value is -0.813. The number of rotatable bonds is 4. The summed E-state index contributed by atoms with van der Waals surface area (Å²) in [5, 5.41) is 0.740. The van der Waals surface area contributed by atoms with Crippen LogP contribution < -0.4 is 4.43 Å². The van der Waals surface area contributed by atoms with Crippen molar-refractivity contribution < 1.29 is 14.0 Å². The average molecular weight is 345 g/mol. The number of carbonyl (C=O) groups excluding carboxylic acids is 1. The number of hydrogen-bond donors (Lipinski definition) is 0. The van der Waals surface area contributed by atoms with Crippen LogP contribution >= 0.6 is 15.9 Å². The molecule has 0 aromatic heterocycles. The van der Waals surface area contributed by atoms with Crippen molar-refractivity contribution in [2.45, 2.75) is 37.7 Å². The van der Waals surface area contributed by atoms with E-state index in [-0.39, 0.29) is 11.0 Å². The maximum atomic E-state index is 11.7. The van der Waals surface area contributed by atoms with Crippen LogP contribution in [0.5, 0.6) is 5.75 Å². The number of benzene rings is 1. The van der Waals surface area contributed by atoms with Gasteiger partial charge in [0.2, 0.25) is 9.04 Å². The molecule has 106 valence electrons. The van der Waals surface area contributed by atoms with Crippen LogP contribution in [-0.2, 0) is 10.1 Å². The minimum Gasteiger partial charge on any atom is -0.546 e. The largest absolute Gasteiger partial charge is 0.546 e. The Balaban J connectivity index is 3.12. The highest BCUT2D eigenvalue weighted by Gasteiger charge is 2.26. The van der Waals surface area contributed by atoms with Gasteiger partial charge in [-0.3, -0.25) is 0 Å². The van der Waals surface area contributed by atoms with E-state index in [9.17, 15) is 4.79 Å². The van der Waals surface area contributed by atoms with Crippen molar-refractivity contribution in [1.29, 1.82) is 0 Å². The molecule has 3 nitrogen and oxygen atoms in total. The first-order valence-electron chi connectivity index (χ1n) is 6.24. The number of methoxy groups -OCH3 is 1. The second-order valence-electron chi connectivity index (χ2n) is 5.53. The van der Waals surface area contributed by atoms with E-state index in [0.717, 1.165) is 11.3 Å². The van der Waals surface area contributed by atoms with Gasteiger partial charge in [-0.15, -0.1) is 0 Å². The van der Waals surface area contributed by atoms with E-state index in [1.807, 2.05) is 12.1 Å². The zero-order valence-electron chi connectivity index (χ0n) is 12.1. The van der Waals surface area contributed by atoms with E-state index >= 15 is 0 Å². The smallest absolute Gasteiger partial charge is 0.338 e. The van der Waals surface area contributed by atoms with E-state index in [1.165, 1.54) is 7.11 Å². The molecule has 0 spiro atoms. The molecule has 1 aromatic rings. The fourth-order valence-corrected chi connectivity index (χ4v) is 3.02. The summed E-state index contributed by atoms with van der Waals surface area (Å²) in [7, 11) is -0.00361. The number of hydrogen-bond acceptors (Lipinski definition) is 3. The second kappa shape index (κ2) is 6.57. The number of halogens is 1. The lowest BCUT2D eigenvalue weighted by atomic mass is 10.1. The lowest BCUT2D eigenvalue weighted by molar-refractivity contribution is 0.0599. The molecule has 0 amide bonds. The molecule has 1 rings (SSSR count). The van der Waals surface area contributed by atoms with Crippen LogP contribution in [0.15, 0.2) is 18.2 Å². The SMILES string of the molecule is COC(=O)c1cccc(O[SiH](C)C(C)(C)C)c1CBr. The molecular weight excluding hydrogens is 324 g/mol. The third-order valence-corrected chi connectivity index (χ3v) is 6.80. The summed E-state index contributed by atoms with van der Waals surface area (Å²) >= 11 is 3.42. The summed E-state index contributed by atoms with van der Waals surface area (Å²) in [6.45, 7) is 8.72. The van der Waals surface area contributed by atoms with Gasteiger partial charge in [0.25, 0.3) is 0 Å². The summed E-state index contributed by atoms with van der Waals surface area (Å²) in [6.07, 6.45) is 0. The molecule has 0 saturated heterocycles. The molecule has 0 aliphatic rings. The Labute approximate surface area is 125 Å². The number of ether oxygens (including phenoxy) is 1. The molecule has 1 unspecified atom stereocenters. The highest BCUT2D eigenvalue weighted by Crippen LogP contribution is 2.32. The first kappa shape index (κ1) is 16.2. The topological polar surface area (TPSA) is 35.5 Å². The van der Waals surface area contributed by atoms with Gasteiger partial charge in [0.15, 0.2) is 0 Å². The van der Waals surface area contributed by atoms with Crippen LogP contribution in [0.4, 0.5) is 0 Å². The van der Waals surface area contributed by atoms with Crippen LogP contribution in [-0.4, -0.2) is 22.1 Å². The Morgan fingerprint density at radius 2 is 2.00 bits per heavy atom. The summed E-state index contributed by atoms with van der Waals surface area (Å²) in [6, 6.07) is 5.51. The van der Waals surface area contributed by atoms with E-state index in [0.29, 0.717) is 10.9 Å². The second-order valence-corrected chi connectivity index (χ2v) is 9.35. The minimum atomic E-state index is -1.39. The van der Waals surface area contributed by atoms with Gasteiger partial charge >= 0.3 is 5.97 Å². The Morgan fingerprint density at radius 3 is 2.47 bits per heavy atom. The monoisotopic (exact) mass is 344 g/mol. The molecule has 0 radical (unpaired) electrons. The minimum absolute atomic E-state index is 0.171. The normalized spacial score (nSPS) is 12.9. The maximum absolute atomic E-state index is 11.7. The Morgan fingerprint density at radius 1 is 1.37 bits per heavy atom. The van der Waals surface area contributed by atoms with Gasteiger partial charge in [0, 0.05) is 10.9 Å². The van der Waals surface area contributed by atoms with Gasteiger partial charge in [-0.05, 0) is 23.7 Å². The van der Waals surface area contributed by atoms with Gasteiger partial charge in [-0.2, -0.15) is 0 Å². The zero-order chi connectivity index (χ0) is 14.6. The van der Waals surface area contributed by atoms with Gasteiger partial charge in [-0.25, -0.2) is 4.79 Å². The molecule has 5 heteroatoms. The Kier molecular flexibility index (Phi) is 5.61. The molecule has 0 heterocycles. The molecule has 0 fully saturated rings. The summed E-state index contributed by atoms with van der Waals surface area (Å²) < 4.78 is 10.9. The standard InChI is InChI=1S/C14H21BrO3Si/c1-14(2,3)19(5)18-12-8-6-7-10(11(12)9-15)13(16)17-4/h6-8,19H,9H2,1-5H3. The first-order chi connectivity index (χ1) is 8.81. The van der Waals surface area contributed by atoms with E-state index < -0.39 is 9.04 Å². The fraction of sp³-hybridized carbons (Fsp3) is 0.500. The molecule has 0 aliphatic heterocycles. The van der Waals surface area contributed by atoms with Crippen LogP contribution in [0, 0.1) is 0 Å². The quantitative estimate of drug-likeness (QED) is 0.472. The molecule has 1 aromatic carbocycles. The molecular formula is C14H21BrO3Si. The average Bonchev–Trinajstić information content (AvgIpc) is 2.36. The van der Waals surface area contributed by atoms with Gasteiger partial charge in [0.05, 0.1) is 12.7 Å². The predicted molar refractivity (Wildman–Crippen MR) is 83.8 cm³/mol. The highest BCUT2D eigenvalue weighted by atomic mass is 79.9. The van der Waals surface area contributed by atoms with Gasteiger partial charge in [0.1, 0.15) is 5.75 Å². The van der Waals surface area contributed by atoms with Crippen molar-refractivity contribution in [3.8, 4) is 5.75 Å². The first-order valence-corrected chi connectivity index (χ1v) is 9.56. The van der Waals surface area contributed by atoms with Crippen molar-refractivity contribution in [2.24, 2.45) is 0 Å². The molecule has 0 saturated carbocycles. The number of alkyl halides is 1. The van der Waals surface area contributed by atoms with Crippen molar-refractivity contribution in [2.75, 3.05) is 7.11 Å². The lowest BCUT2D eigenvalue weighted by Crippen LogP contribution is -2.29. The van der Waals surface area contributed by atoms with E-state index in [1.54, 1.807) is 6.07 Å². The predicted octanol–water partition coefficient (Wildman–Crippen LogP) is 3.90. The lowest BCUT2D eigenvalue weighted by Gasteiger charge is -2.27. The molecule has 0 N–H and O–H groups in total. The third-order valence-electron chi connectivity index (χ3n) is 3.20. The number of carbonyl (C=O) groups is 1. The molecule has 1 atom stereocenters. The van der Waals surface area contributed by atoms with E-state index in [4.69, 9.17) is 9.16 Å². The van der Waals surface area contributed by atoms with Crippen LogP contribution in [0.1, 0.15) is 36.7 Å². The van der Waals surface area contributed by atoms with Crippen LogP contribution in [0.3, 0.4) is 0 Å². The highest BCUT2D eigenvalue weighted by molar-refractivity contribution is 9.08. The third kappa shape index (κ3) is 4.08. The Bertz CT molecular complexity index is 454. The van der Waals surface area contributed by atoms with Crippen LogP contribution in [0.2, 0.25) is 11.6 Å². The summed E-state index contributed by atoms with van der Waals surface area (Å²) in [4.78, 5) is 11.7. The van der Waals surface area contributed by atoms with Crippen molar-refractivity contribution in [1.82, 2.24) is 0 Å². The number of esters is 1. The molecule has 0 bridgehead atoms. The van der Waals surface area contributed by atoms with Gasteiger partial charge < -0.3 is 9.16 Å². The van der Waals surface area contributed by atoms with Gasteiger partial charge in [-0.1, -0.05) is 42.8 Å². The zero-order valence-corrected chi connectivity index (χ0v) is 14.9.